The monoisotopic (exact) mass is 261 g/mol. The van der Waals surface area contributed by atoms with E-state index in [0.29, 0.717) is 5.69 Å². The Hall–Kier alpha value is -2.50. The summed E-state index contributed by atoms with van der Waals surface area (Å²) in [6.07, 6.45) is 1.16. The van der Waals surface area contributed by atoms with Crippen molar-refractivity contribution in [3.8, 4) is 0 Å². The first-order valence-electron chi connectivity index (χ1n) is 5.68. The number of aromatic nitrogens is 1. The lowest BCUT2D eigenvalue weighted by atomic mass is 10.2. The zero-order valence-electron chi connectivity index (χ0n) is 10.2. The molecule has 1 aromatic heterocycles. The van der Waals surface area contributed by atoms with E-state index in [1.54, 1.807) is 18.2 Å². The highest BCUT2D eigenvalue weighted by atomic mass is 19.1. The third-order valence-corrected chi connectivity index (χ3v) is 2.66. The Kier molecular flexibility index (Phi) is 3.70. The van der Waals surface area contributed by atoms with E-state index in [1.165, 1.54) is 18.2 Å². The van der Waals surface area contributed by atoms with E-state index in [1.807, 2.05) is 6.92 Å². The first-order chi connectivity index (χ1) is 9.06. The molecule has 0 aliphatic rings. The van der Waals surface area contributed by atoms with Gasteiger partial charge >= 0.3 is 0 Å². The molecule has 98 valence electrons. The second-order valence-corrected chi connectivity index (χ2v) is 4.07. The van der Waals surface area contributed by atoms with Crippen molar-refractivity contribution in [3.63, 3.8) is 0 Å². The average molecular weight is 261 g/mol. The van der Waals surface area contributed by atoms with Crippen LogP contribution in [0.5, 0.6) is 0 Å². The number of nitro benzene ring substituents is 1. The smallest absolute Gasteiger partial charge is 0.269 e. The molecule has 0 fully saturated rings. The van der Waals surface area contributed by atoms with Crippen molar-refractivity contribution in [2.24, 2.45) is 0 Å². The van der Waals surface area contributed by atoms with E-state index in [9.17, 15) is 14.5 Å². The molecule has 0 aliphatic carbocycles. The van der Waals surface area contributed by atoms with Crippen molar-refractivity contribution in [3.05, 3.63) is 64.2 Å². The van der Waals surface area contributed by atoms with Gasteiger partial charge in [-0.05, 0) is 31.2 Å². The van der Waals surface area contributed by atoms with E-state index >= 15 is 0 Å². The third kappa shape index (κ3) is 3.25. The van der Waals surface area contributed by atoms with Gasteiger partial charge in [0.05, 0.1) is 22.9 Å². The summed E-state index contributed by atoms with van der Waals surface area (Å²) in [6, 6.07) is 8.91. The normalized spacial score (nSPS) is 11.9. The van der Waals surface area contributed by atoms with Crippen LogP contribution in [0.2, 0.25) is 0 Å². The zero-order chi connectivity index (χ0) is 13.8. The largest absolute Gasteiger partial charge is 0.377 e. The summed E-state index contributed by atoms with van der Waals surface area (Å²) < 4.78 is 12.8. The van der Waals surface area contributed by atoms with Crippen LogP contribution in [0, 0.1) is 15.9 Å². The highest BCUT2D eigenvalue weighted by molar-refractivity contribution is 5.49. The van der Waals surface area contributed by atoms with Gasteiger partial charge in [0.2, 0.25) is 0 Å². The molecule has 0 bridgehead atoms. The Bertz CT molecular complexity index is 569. The van der Waals surface area contributed by atoms with E-state index < -0.39 is 4.92 Å². The van der Waals surface area contributed by atoms with Crippen LogP contribution in [0.4, 0.5) is 15.8 Å². The molecule has 6 heteroatoms. The molecule has 0 amide bonds. The van der Waals surface area contributed by atoms with Crippen molar-refractivity contribution >= 4 is 11.4 Å². The minimum absolute atomic E-state index is 0.0399. The van der Waals surface area contributed by atoms with Crippen molar-refractivity contribution in [2.75, 3.05) is 5.32 Å². The molecule has 1 atom stereocenters. The number of pyridine rings is 1. The highest BCUT2D eigenvalue weighted by Crippen LogP contribution is 2.20. The number of hydrogen-bond acceptors (Lipinski definition) is 4. The molecule has 0 saturated carbocycles. The van der Waals surface area contributed by atoms with Crippen LogP contribution < -0.4 is 5.32 Å². The van der Waals surface area contributed by atoms with Crippen LogP contribution >= 0.6 is 0 Å². The molecule has 0 radical (unpaired) electrons. The van der Waals surface area contributed by atoms with Gasteiger partial charge in [-0.3, -0.25) is 15.1 Å². The van der Waals surface area contributed by atoms with Crippen LogP contribution in [0.1, 0.15) is 18.7 Å². The lowest BCUT2D eigenvalue weighted by Crippen LogP contribution is -2.08. The summed E-state index contributed by atoms with van der Waals surface area (Å²) >= 11 is 0. The Labute approximate surface area is 109 Å². The fourth-order valence-electron chi connectivity index (χ4n) is 1.65. The van der Waals surface area contributed by atoms with Gasteiger partial charge in [0.15, 0.2) is 0 Å². The predicted molar refractivity (Wildman–Crippen MR) is 69.3 cm³/mol. The van der Waals surface area contributed by atoms with Gasteiger partial charge in [-0.2, -0.15) is 0 Å². The van der Waals surface area contributed by atoms with E-state index in [0.717, 1.165) is 11.9 Å². The number of hydrogen-bond donors (Lipinski definition) is 1. The van der Waals surface area contributed by atoms with Crippen LogP contribution in [-0.2, 0) is 0 Å². The highest BCUT2D eigenvalue weighted by Gasteiger charge is 2.08. The SMILES string of the molecule is CC(Nc1ccc([N+](=O)[O-])cc1)c1ccc(F)cn1. The summed E-state index contributed by atoms with van der Waals surface area (Å²) in [5, 5.41) is 13.7. The van der Waals surface area contributed by atoms with Gasteiger partial charge in [-0.25, -0.2) is 4.39 Å². The molecule has 2 rings (SSSR count). The average Bonchev–Trinajstić information content (AvgIpc) is 2.40. The Morgan fingerprint density at radius 1 is 1.26 bits per heavy atom. The van der Waals surface area contributed by atoms with Crippen molar-refractivity contribution in [1.82, 2.24) is 4.98 Å². The van der Waals surface area contributed by atoms with Crippen molar-refractivity contribution in [2.45, 2.75) is 13.0 Å². The molecule has 0 spiro atoms. The molecule has 1 heterocycles. The summed E-state index contributed by atoms with van der Waals surface area (Å²) in [6.45, 7) is 1.88. The fourth-order valence-corrected chi connectivity index (χ4v) is 1.65. The van der Waals surface area contributed by atoms with Gasteiger partial charge in [0.25, 0.3) is 5.69 Å². The topological polar surface area (TPSA) is 68.1 Å². The molecule has 0 aliphatic heterocycles. The maximum atomic E-state index is 12.8. The molecule has 0 saturated heterocycles. The summed E-state index contributed by atoms with van der Waals surface area (Å²) in [5.74, 6) is -0.383. The molecular weight excluding hydrogens is 249 g/mol. The van der Waals surface area contributed by atoms with E-state index in [4.69, 9.17) is 0 Å². The lowest BCUT2D eigenvalue weighted by Gasteiger charge is -2.14. The second-order valence-electron chi connectivity index (χ2n) is 4.07. The molecule has 5 nitrogen and oxygen atoms in total. The maximum Gasteiger partial charge on any atom is 0.269 e. The van der Waals surface area contributed by atoms with Gasteiger partial charge in [0.1, 0.15) is 5.82 Å². The first-order valence-corrected chi connectivity index (χ1v) is 5.68. The molecule has 19 heavy (non-hydrogen) atoms. The molecule has 1 unspecified atom stereocenters. The van der Waals surface area contributed by atoms with Gasteiger partial charge in [-0.1, -0.05) is 0 Å². The summed E-state index contributed by atoms with van der Waals surface area (Å²) in [5.41, 5.74) is 1.47. The quantitative estimate of drug-likeness (QED) is 0.677. The van der Waals surface area contributed by atoms with Crippen LogP contribution in [0.3, 0.4) is 0 Å². The second kappa shape index (κ2) is 5.43. The standard InChI is InChI=1S/C13H12FN3O2/c1-9(13-7-2-10(14)8-15-13)16-11-3-5-12(6-4-11)17(18)19/h2-9,16H,1H3. The van der Waals surface area contributed by atoms with Crippen LogP contribution in [0.25, 0.3) is 0 Å². The zero-order valence-corrected chi connectivity index (χ0v) is 10.2. The first kappa shape index (κ1) is 12.9. The molecule has 2 aromatic rings. The number of non-ortho nitro benzene ring substituents is 1. The van der Waals surface area contributed by atoms with E-state index in [-0.39, 0.29) is 17.5 Å². The van der Waals surface area contributed by atoms with Crippen molar-refractivity contribution < 1.29 is 9.31 Å². The number of nitrogens with one attached hydrogen (secondary N) is 1. The lowest BCUT2D eigenvalue weighted by molar-refractivity contribution is -0.384. The Morgan fingerprint density at radius 2 is 1.95 bits per heavy atom. The number of rotatable bonds is 4. The summed E-state index contributed by atoms with van der Waals surface area (Å²) in [4.78, 5) is 14.1. The van der Waals surface area contributed by atoms with Crippen LogP contribution in [-0.4, -0.2) is 9.91 Å². The van der Waals surface area contributed by atoms with Gasteiger partial charge in [0, 0.05) is 17.8 Å². The number of benzene rings is 1. The number of nitro groups is 1. The van der Waals surface area contributed by atoms with Gasteiger partial charge < -0.3 is 5.32 Å². The Balaban J connectivity index is 2.08. The molecule has 1 N–H and O–H groups in total. The number of nitrogens with zero attached hydrogens (tertiary/aromatic N) is 2. The van der Waals surface area contributed by atoms with Crippen LogP contribution in [0.15, 0.2) is 42.6 Å². The van der Waals surface area contributed by atoms with E-state index in [2.05, 4.69) is 10.3 Å². The predicted octanol–water partition coefficient (Wildman–Crippen LogP) is 3.30. The van der Waals surface area contributed by atoms with Crippen molar-refractivity contribution in [1.29, 1.82) is 0 Å². The maximum absolute atomic E-state index is 12.8. The third-order valence-electron chi connectivity index (χ3n) is 2.66. The minimum Gasteiger partial charge on any atom is -0.377 e. The molecule has 1 aromatic carbocycles. The number of anilines is 1. The summed E-state index contributed by atoms with van der Waals surface area (Å²) in [7, 11) is 0. The minimum atomic E-state index is -0.450. The Morgan fingerprint density at radius 3 is 2.47 bits per heavy atom. The molecular formula is C13H12FN3O2. The number of halogens is 1. The van der Waals surface area contributed by atoms with Gasteiger partial charge in [-0.15, -0.1) is 0 Å². The fraction of sp³-hybridized carbons (Fsp3) is 0.154.